The Kier molecular flexibility index (Phi) is 5.24. The molecule has 2 N–H and O–H groups in total. The van der Waals surface area contributed by atoms with Crippen molar-refractivity contribution < 1.29 is 4.79 Å². The van der Waals surface area contributed by atoms with E-state index < -0.39 is 0 Å². The van der Waals surface area contributed by atoms with Crippen LogP contribution in [0.3, 0.4) is 0 Å². The number of amides is 1. The second-order valence-electron chi connectivity index (χ2n) is 6.32. The molecule has 2 aromatic carbocycles. The SMILES string of the molecule is Cc1cc(=O)[nH]c(-c2cccc(NC(=O)c3csc(-c4cccc(Cl)c4)n3)c2)n1. The zero-order valence-corrected chi connectivity index (χ0v) is 16.8. The number of carbonyl (C=O) groups excluding carboxylic acids is 1. The van der Waals surface area contributed by atoms with E-state index in [-0.39, 0.29) is 11.5 Å². The lowest BCUT2D eigenvalue weighted by Crippen LogP contribution is -2.12. The average Bonchev–Trinajstić information content (AvgIpc) is 3.18. The number of aromatic nitrogens is 3. The van der Waals surface area contributed by atoms with Crippen molar-refractivity contribution in [3.63, 3.8) is 0 Å². The summed E-state index contributed by atoms with van der Waals surface area (Å²) < 4.78 is 0. The quantitative estimate of drug-likeness (QED) is 0.495. The minimum absolute atomic E-state index is 0.224. The number of rotatable bonds is 4. The van der Waals surface area contributed by atoms with Crippen LogP contribution in [0.25, 0.3) is 22.0 Å². The molecule has 4 aromatic rings. The standard InChI is InChI=1S/C21H15ClN4O2S/c1-12-8-18(27)26-19(23-12)13-4-3-7-16(10-13)24-20(28)17-11-29-21(25-17)14-5-2-6-15(22)9-14/h2-11H,1H3,(H,24,28)(H,23,26,27). The van der Waals surface area contributed by atoms with Crippen LogP contribution < -0.4 is 10.9 Å². The summed E-state index contributed by atoms with van der Waals surface area (Å²) in [6.07, 6.45) is 0. The van der Waals surface area contributed by atoms with E-state index in [1.54, 1.807) is 42.6 Å². The summed E-state index contributed by atoms with van der Waals surface area (Å²) in [7, 11) is 0. The first-order valence-corrected chi connectivity index (χ1v) is 9.95. The Morgan fingerprint density at radius 2 is 1.86 bits per heavy atom. The van der Waals surface area contributed by atoms with E-state index in [0.717, 1.165) is 5.56 Å². The van der Waals surface area contributed by atoms with Gasteiger partial charge in [-0.25, -0.2) is 9.97 Å². The first kappa shape index (κ1) is 19.0. The lowest BCUT2D eigenvalue weighted by molar-refractivity contribution is 0.102. The highest BCUT2D eigenvalue weighted by Gasteiger charge is 2.13. The van der Waals surface area contributed by atoms with Crippen molar-refractivity contribution in [2.24, 2.45) is 0 Å². The molecule has 2 aromatic heterocycles. The van der Waals surface area contributed by atoms with Crippen LogP contribution in [-0.2, 0) is 0 Å². The Labute approximate surface area is 175 Å². The van der Waals surface area contributed by atoms with E-state index in [4.69, 9.17) is 11.6 Å². The van der Waals surface area contributed by atoms with Crippen LogP contribution in [0.1, 0.15) is 16.2 Å². The molecule has 0 saturated heterocycles. The molecule has 0 spiro atoms. The number of H-pyrrole nitrogens is 1. The largest absolute Gasteiger partial charge is 0.321 e. The van der Waals surface area contributed by atoms with Crippen LogP contribution in [0.2, 0.25) is 5.02 Å². The molecule has 29 heavy (non-hydrogen) atoms. The second-order valence-corrected chi connectivity index (χ2v) is 7.61. The number of hydrogen-bond acceptors (Lipinski definition) is 5. The van der Waals surface area contributed by atoms with Gasteiger partial charge < -0.3 is 10.3 Å². The third kappa shape index (κ3) is 4.42. The summed E-state index contributed by atoms with van der Waals surface area (Å²) in [6, 6.07) is 15.9. The van der Waals surface area contributed by atoms with Crippen LogP contribution in [0.4, 0.5) is 5.69 Å². The number of aromatic amines is 1. The van der Waals surface area contributed by atoms with E-state index in [1.807, 2.05) is 18.2 Å². The number of hydrogen-bond donors (Lipinski definition) is 2. The molecule has 2 heterocycles. The minimum Gasteiger partial charge on any atom is -0.321 e. The molecule has 0 aliphatic carbocycles. The first-order valence-electron chi connectivity index (χ1n) is 8.69. The van der Waals surface area contributed by atoms with Gasteiger partial charge in [0.05, 0.1) is 0 Å². The number of halogens is 1. The summed E-state index contributed by atoms with van der Waals surface area (Å²) in [5, 5.41) is 5.87. The predicted octanol–water partition coefficient (Wildman–Crippen LogP) is 4.77. The number of carbonyl (C=O) groups is 1. The van der Waals surface area contributed by atoms with Gasteiger partial charge in [-0.15, -0.1) is 11.3 Å². The fourth-order valence-corrected chi connectivity index (χ4v) is 3.77. The number of benzene rings is 2. The Balaban J connectivity index is 1.55. The molecular weight excluding hydrogens is 408 g/mol. The van der Waals surface area contributed by atoms with Gasteiger partial charge in [0.15, 0.2) is 0 Å². The van der Waals surface area contributed by atoms with Crippen molar-refractivity contribution in [2.75, 3.05) is 5.32 Å². The lowest BCUT2D eigenvalue weighted by atomic mass is 10.2. The molecule has 0 bridgehead atoms. The number of aryl methyl sites for hydroxylation is 1. The molecule has 144 valence electrons. The maximum atomic E-state index is 12.6. The van der Waals surface area contributed by atoms with E-state index in [2.05, 4.69) is 20.3 Å². The number of thiazole rings is 1. The van der Waals surface area contributed by atoms with E-state index in [1.165, 1.54) is 17.4 Å². The molecule has 0 saturated carbocycles. The van der Waals surface area contributed by atoms with Gasteiger partial charge in [-0.3, -0.25) is 9.59 Å². The van der Waals surface area contributed by atoms with E-state index in [9.17, 15) is 9.59 Å². The zero-order valence-electron chi connectivity index (χ0n) is 15.3. The molecule has 0 radical (unpaired) electrons. The molecule has 0 atom stereocenters. The highest BCUT2D eigenvalue weighted by atomic mass is 35.5. The predicted molar refractivity (Wildman–Crippen MR) is 116 cm³/mol. The first-order chi connectivity index (χ1) is 14.0. The third-order valence-electron chi connectivity index (χ3n) is 4.07. The molecule has 4 rings (SSSR count). The van der Waals surface area contributed by atoms with Crippen LogP contribution in [-0.4, -0.2) is 20.9 Å². The summed E-state index contributed by atoms with van der Waals surface area (Å²) in [5.41, 5.74) is 2.85. The Morgan fingerprint density at radius 1 is 1.07 bits per heavy atom. The Hall–Kier alpha value is -3.29. The summed E-state index contributed by atoms with van der Waals surface area (Å²) in [5.74, 6) is 0.125. The van der Waals surface area contributed by atoms with Crippen molar-refractivity contribution in [1.29, 1.82) is 0 Å². The van der Waals surface area contributed by atoms with E-state index in [0.29, 0.717) is 38.5 Å². The molecule has 0 aliphatic heterocycles. The van der Waals surface area contributed by atoms with Crippen molar-refractivity contribution >= 4 is 34.5 Å². The summed E-state index contributed by atoms with van der Waals surface area (Å²) in [4.78, 5) is 35.8. The van der Waals surface area contributed by atoms with Gasteiger partial charge >= 0.3 is 0 Å². The molecule has 0 aliphatic rings. The van der Waals surface area contributed by atoms with Crippen molar-refractivity contribution in [1.82, 2.24) is 15.0 Å². The zero-order chi connectivity index (χ0) is 20.4. The molecule has 8 heteroatoms. The summed E-state index contributed by atoms with van der Waals surface area (Å²) in [6.45, 7) is 1.75. The monoisotopic (exact) mass is 422 g/mol. The Morgan fingerprint density at radius 3 is 2.66 bits per heavy atom. The van der Waals surface area contributed by atoms with Crippen LogP contribution in [0.5, 0.6) is 0 Å². The highest BCUT2D eigenvalue weighted by Crippen LogP contribution is 2.26. The smallest absolute Gasteiger partial charge is 0.275 e. The van der Waals surface area contributed by atoms with Gasteiger partial charge in [-0.2, -0.15) is 0 Å². The normalized spacial score (nSPS) is 10.7. The fourth-order valence-electron chi connectivity index (χ4n) is 2.79. The molecule has 6 nitrogen and oxygen atoms in total. The van der Waals surface area contributed by atoms with E-state index >= 15 is 0 Å². The van der Waals surface area contributed by atoms with Crippen molar-refractivity contribution in [3.8, 4) is 22.0 Å². The summed E-state index contributed by atoms with van der Waals surface area (Å²) >= 11 is 7.40. The van der Waals surface area contributed by atoms with Crippen LogP contribution in [0.15, 0.2) is 64.8 Å². The molecule has 0 fully saturated rings. The van der Waals surface area contributed by atoms with Gasteiger partial charge in [0.2, 0.25) is 0 Å². The van der Waals surface area contributed by atoms with Gasteiger partial charge in [-0.05, 0) is 31.2 Å². The van der Waals surface area contributed by atoms with Crippen molar-refractivity contribution in [3.05, 3.63) is 86.7 Å². The van der Waals surface area contributed by atoms with Crippen LogP contribution in [0, 0.1) is 6.92 Å². The Bertz CT molecular complexity index is 1270. The number of nitrogens with zero attached hydrogens (tertiary/aromatic N) is 2. The second kappa shape index (κ2) is 7.98. The minimum atomic E-state index is -0.322. The lowest BCUT2D eigenvalue weighted by Gasteiger charge is -2.06. The molecular formula is C21H15ClN4O2S. The topological polar surface area (TPSA) is 87.7 Å². The highest BCUT2D eigenvalue weighted by molar-refractivity contribution is 7.13. The van der Waals surface area contributed by atoms with Crippen LogP contribution >= 0.6 is 22.9 Å². The fraction of sp³-hybridized carbons (Fsp3) is 0.0476. The van der Waals surface area contributed by atoms with Crippen molar-refractivity contribution in [2.45, 2.75) is 6.92 Å². The third-order valence-corrected chi connectivity index (χ3v) is 5.20. The average molecular weight is 423 g/mol. The maximum absolute atomic E-state index is 12.6. The number of anilines is 1. The molecule has 0 unspecified atom stereocenters. The molecule has 1 amide bonds. The van der Waals surface area contributed by atoms with Gasteiger partial charge in [-0.1, -0.05) is 35.9 Å². The maximum Gasteiger partial charge on any atom is 0.275 e. The van der Waals surface area contributed by atoms with Gasteiger partial charge in [0.25, 0.3) is 11.5 Å². The number of nitrogens with one attached hydrogen (secondary N) is 2. The van der Waals surface area contributed by atoms with Gasteiger partial charge in [0.1, 0.15) is 16.5 Å². The van der Waals surface area contributed by atoms with Gasteiger partial charge in [0, 0.05) is 39.0 Å².